The van der Waals surface area contributed by atoms with Crippen molar-refractivity contribution in [1.82, 2.24) is 36.7 Å². The average molecular weight is 1780 g/mol. The Bertz CT molecular complexity index is 2520. The van der Waals surface area contributed by atoms with Crippen molar-refractivity contribution in [1.29, 1.82) is 13.8 Å². The minimum absolute atomic E-state index is 0. The fourth-order valence-electron chi connectivity index (χ4n) is 3.37. The number of hydrogen-bond acceptors (Lipinski definition) is 29. The molecule has 0 aliphatic heterocycles. The molecule has 0 radical (unpaired) electrons. The predicted octanol–water partition coefficient (Wildman–Crippen LogP) is 1.06. The molecule has 8 atom stereocenters. The van der Waals surface area contributed by atoms with Gasteiger partial charge in [-0.1, -0.05) is 13.8 Å². The van der Waals surface area contributed by atoms with Gasteiger partial charge in [0.2, 0.25) is 14.5 Å². The molecule has 0 aromatic heterocycles. The van der Waals surface area contributed by atoms with Crippen LogP contribution >= 0.6 is 20.8 Å². The Labute approximate surface area is 667 Å². The number of aliphatic hydroxyl groups is 9. The smallest absolute Gasteiger partial charge is 0.481 e. The molecule has 0 bridgehead atoms. The standard InChI is InChI=1S/C10H15F3N2O4.C9H12F3NO5.C8H12F3N2O3P.C6H8F3NO3.C5H8F3NO2.C4H8ClNO3.C3H9NO.2C3H7.6CH4O.Ni/c1-6(15-9(18)10(11,12)13)5-19-8(17)4-3-7(16)14-2;1-5(13-8(17)9(10,11)12)4-18-7(16)3-2-6(14)15;1-6(13-7(14)8(9,10)11)5-16-17-15-4-2-3-12;1-3(4(11)13-2)10-5(12)6(7,8)9;1-3(2-10)9-4(11)5(6,7)8;1-9-4(8)3(2-7)6-5;1-3(4)2-5;2*1-3-2;6*1-2;/h6H,3-5H2,1-2H3,(H,14,16)(H,15,18);5H,2-4H2,1H3,(H,13,17)(H,14,15);6,17H,2,4-5H2,1H3,(H,13,14);3H,1-2H3,(H,10,12);3,10H,2H2,1H3,(H,9,11);3,6-7H,2H2,1H3;3,5H,2,4H2,1H3;2*1,3H2,2H3;6*2H,1H3;/q;;;;;;;2*-1;;;;;;;+2/t6-;5-;6-;4*3-;;;;;;;;;/m0000000........./s1/i5*1D;;1D;;;6*2T;. The number of methoxy groups -OCH3 is 2. The molecular formula is C57H110ClF15N9NiO27P. The second-order valence-electron chi connectivity index (χ2n) is 16.8. The fourth-order valence-corrected chi connectivity index (χ4v) is 4.07. The summed E-state index contributed by atoms with van der Waals surface area (Å²) in [6.45, 7) is 5.88. The maximum Gasteiger partial charge on any atom is 2.00 e. The molecule has 0 heterocycles. The van der Waals surface area contributed by atoms with Gasteiger partial charge in [-0.2, -0.15) is 84.0 Å². The Morgan fingerprint density at radius 3 is 1.07 bits per heavy atom. The molecule has 0 rings (SSSR count). The van der Waals surface area contributed by atoms with Gasteiger partial charge < -0.3 is 131 Å². The Hall–Kier alpha value is -6.70. The van der Waals surface area contributed by atoms with Crippen molar-refractivity contribution in [2.24, 2.45) is 5.73 Å². The number of nitrogens with two attached hydrogens (primary N) is 1. The fraction of sp³-hybridized carbons (Fsp3) is 0.754. The van der Waals surface area contributed by atoms with E-state index in [1.165, 1.54) is 78.1 Å². The number of halogens is 16. The zero-order valence-corrected chi connectivity index (χ0v) is 64.4. The van der Waals surface area contributed by atoms with Gasteiger partial charge in [-0.3, -0.25) is 47.9 Å². The van der Waals surface area contributed by atoms with Crippen molar-refractivity contribution in [3.05, 3.63) is 13.8 Å². The summed E-state index contributed by atoms with van der Waals surface area (Å²) < 4.78 is 279. The third-order valence-electron chi connectivity index (χ3n) is 7.66. The normalized spacial score (nSPS) is 13.0. The minimum atomic E-state index is -5.08. The first-order valence-corrected chi connectivity index (χ1v) is 30.0. The van der Waals surface area contributed by atoms with E-state index in [-0.39, 0.29) is 81.0 Å². The molecule has 6 amide bonds. The molecule has 1 unspecified atom stereocenters. The zero-order chi connectivity index (χ0) is 99.9. The summed E-state index contributed by atoms with van der Waals surface area (Å²) in [6.07, 6.45) is -24.2. The largest absolute Gasteiger partial charge is 2.00 e. The summed E-state index contributed by atoms with van der Waals surface area (Å²) in [6, 6.07) is -5.68. The van der Waals surface area contributed by atoms with Crippen LogP contribution in [0.1, 0.15) is 108 Å². The summed E-state index contributed by atoms with van der Waals surface area (Å²) in [7, 11) is 10.9. The number of ether oxygens (including phenoxy) is 4. The van der Waals surface area contributed by atoms with Crippen LogP contribution in [-0.2, 0) is 97.2 Å². The topological polar surface area (TPSA) is 579 Å². The molecule has 0 aromatic rings. The van der Waals surface area contributed by atoms with Crippen molar-refractivity contribution >= 4 is 86.1 Å². The Kier molecular flexibility index (Phi) is 95.4. The first kappa shape index (κ1) is 111. The predicted molar refractivity (Wildman–Crippen MR) is 363 cm³/mol. The summed E-state index contributed by atoms with van der Waals surface area (Å²) in [5, 5.41) is 72.0. The molecule has 0 fully saturated rings. The number of hydrogen-bond donors (Lipinski definition) is 18. The van der Waals surface area contributed by atoms with Crippen molar-refractivity contribution in [2.45, 2.75) is 173 Å². The number of carboxylic acids is 1. The van der Waals surface area contributed by atoms with Gasteiger partial charge in [0.25, 0.3) is 0 Å². The molecular weight excluding hydrogens is 1650 g/mol. The van der Waals surface area contributed by atoms with Crippen LogP contribution in [0, 0.1) is 25.2 Å². The molecule has 54 heteroatoms. The average Bonchev–Trinajstić information content (AvgIpc) is 0.892. The van der Waals surface area contributed by atoms with Crippen molar-refractivity contribution in [3.8, 4) is 6.07 Å². The summed E-state index contributed by atoms with van der Waals surface area (Å²) >= 11 is 5.03. The number of carbonyl (C=O) groups is 11. The van der Waals surface area contributed by atoms with E-state index >= 15 is 0 Å². The number of nitriles is 1. The summed E-state index contributed by atoms with van der Waals surface area (Å²) in [5.41, 5.74) is 5.03. The van der Waals surface area contributed by atoms with E-state index in [0.717, 1.165) is 20.0 Å². The summed E-state index contributed by atoms with van der Waals surface area (Å²) in [5.74, 6) is -15.9. The second-order valence-corrected chi connectivity index (χ2v) is 17.8. The van der Waals surface area contributed by atoms with Gasteiger partial charge in [-0.05, 0) is 53.2 Å². The number of alkyl halides is 15. The number of nitrogens with zero attached hydrogens (tertiary/aromatic N) is 1. The molecule has 672 valence electrons. The van der Waals surface area contributed by atoms with Crippen molar-refractivity contribution in [3.63, 3.8) is 0 Å². The number of aliphatic carboxylic acids is 1. The molecule has 0 aromatic carbocycles. The van der Waals surface area contributed by atoms with Crippen molar-refractivity contribution < 1.29 is 222 Å². The van der Waals surface area contributed by atoms with E-state index in [1.54, 1.807) is 5.32 Å². The molecule has 0 aliphatic carbocycles. The number of rotatable bonds is 27. The number of nitrogens with one attached hydrogen (secondary N) is 7. The molecule has 0 spiro atoms. The monoisotopic (exact) mass is 1780 g/mol. The van der Waals surface area contributed by atoms with Crippen LogP contribution in [0.2, 0.25) is 0 Å². The Morgan fingerprint density at radius 1 is 0.532 bits per heavy atom. The molecule has 36 nitrogen and oxygen atoms in total. The van der Waals surface area contributed by atoms with Gasteiger partial charge in [0, 0.05) is 76.4 Å². The first-order chi connectivity index (χ1) is 56.4. The Morgan fingerprint density at radius 2 is 0.847 bits per heavy atom. The van der Waals surface area contributed by atoms with E-state index in [2.05, 4.69) is 73.6 Å². The molecule has 0 saturated heterocycles. The van der Waals surface area contributed by atoms with Crippen LogP contribution in [0.25, 0.3) is 0 Å². The van der Waals surface area contributed by atoms with E-state index < -0.39 is 203 Å². The molecule has 19 N–H and O–H groups in total. The van der Waals surface area contributed by atoms with Crippen LogP contribution in [0.3, 0.4) is 0 Å². The Balaban J connectivity index is -0.0000000752. The van der Waals surface area contributed by atoms with Crippen LogP contribution in [-0.4, -0.2) is 308 Å². The number of aliphatic hydroxyl groups excluding tert-OH is 9. The van der Waals surface area contributed by atoms with Gasteiger partial charge in [0.15, 0.2) is 9.03 Å². The quantitative estimate of drug-likeness (QED) is 0.00799. The third-order valence-corrected chi connectivity index (χ3v) is 8.53. The maximum absolute atomic E-state index is 12.0. The number of carboxylic acid groups (broad SMARTS) is 1. The van der Waals surface area contributed by atoms with Crippen molar-refractivity contribution in [2.75, 3.05) is 110 Å². The van der Waals surface area contributed by atoms with E-state index in [4.69, 9.17) is 69.1 Å². The van der Waals surface area contributed by atoms with Crippen LogP contribution in [0.5, 0.6) is 0 Å². The van der Waals surface area contributed by atoms with Gasteiger partial charge >= 0.3 is 107 Å². The molecule has 0 aliphatic rings. The maximum atomic E-state index is 12.0. The number of esters is 4. The minimum Gasteiger partial charge on any atom is -0.481 e. The van der Waals surface area contributed by atoms with Crippen LogP contribution in [0.15, 0.2) is 0 Å². The van der Waals surface area contributed by atoms with Gasteiger partial charge in [0.05, 0.1) is 97.1 Å². The summed E-state index contributed by atoms with van der Waals surface area (Å²) in [4.78, 5) is 119. The van der Waals surface area contributed by atoms with Crippen LogP contribution < -0.4 is 42.5 Å². The number of carbonyl (C=O) groups excluding carboxylic acids is 10. The van der Waals surface area contributed by atoms with Gasteiger partial charge in [0.1, 0.15) is 25.3 Å². The van der Waals surface area contributed by atoms with Gasteiger partial charge in [-0.15, -0.1) is 0 Å². The molecule has 111 heavy (non-hydrogen) atoms. The third kappa shape index (κ3) is 122. The van der Waals surface area contributed by atoms with Gasteiger partial charge in [-0.25, -0.2) is 9.63 Å². The van der Waals surface area contributed by atoms with E-state index in [1.807, 2.05) is 19.9 Å². The second kappa shape index (κ2) is 95.7. The van der Waals surface area contributed by atoms with E-state index in [9.17, 15) is 119 Å². The van der Waals surface area contributed by atoms with Crippen LogP contribution in [0.4, 0.5) is 65.9 Å². The first-order valence-electron chi connectivity index (χ1n) is 35.5. The number of amides is 6. The molecule has 0 saturated carbocycles. The van der Waals surface area contributed by atoms with E-state index in [0.29, 0.717) is 0 Å². The zero-order valence-electron chi connectivity index (χ0n) is 73.7. The SMILES string of the molecule is COC(=O)[C@H](CO)NCl.[2H]C[C@@H](CO)NC(=O)C(F)(F)F.[2H]C[C@@H](COC(=O)CCC(=O)NC)NC(=O)C(F)(F)F.[2H]C[C@@H](COC(=O)CCC(=O)O)NC(=O)C(F)(F)F.[2H]C[C@@H](COPOCCC#N)NC(=O)C(F)(F)F.[2H]C[C@H](N)CO.[2H]C[C@H](NC(=O)C(F)(F)F)C(=O)OC.[3H]OC.[3H]OC.[3H]OC.[3H]OC.[3H]OC.[3H]OC.[CH2-]CC.[CH2-]CC.[Ni+2].